The largest absolute Gasteiger partial charge is 0.507 e. The van der Waals surface area contributed by atoms with Gasteiger partial charge in [0.2, 0.25) is 11.7 Å². The minimum absolute atomic E-state index is 0.0141. The number of aliphatic hydroxyl groups excluding tert-OH is 2. The molecule has 4 unspecified atom stereocenters. The van der Waals surface area contributed by atoms with Crippen LogP contribution in [-0.2, 0) is 20.8 Å². The van der Waals surface area contributed by atoms with Gasteiger partial charge < -0.3 is 36.2 Å². The number of halogens is 1. The number of hydrogen-bond donors (Lipinski definition) is 6. The summed E-state index contributed by atoms with van der Waals surface area (Å²) in [6, 6.07) is 5.10. The van der Waals surface area contributed by atoms with E-state index in [1.54, 1.807) is 14.1 Å². The van der Waals surface area contributed by atoms with E-state index in [2.05, 4.69) is 0 Å². The molecule has 0 spiro atoms. The van der Waals surface area contributed by atoms with Crippen LogP contribution in [0.2, 0.25) is 0 Å². The summed E-state index contributed by atoms with van der Waals surface area (Å²) in [5, 5.41) is 54.0. The van der Waals surface area contributed by atoms with Crippen molar-refractivity contribution in [3.05, 3.63) is 58.4 Å². The summed E-state index contributed by atoms with van der Waals surface area (Å²) in [4.78, 5) is 52.4. The molecule has 0 aromatic heterocycles. The second kappa shape index (κ2) is 9.22. The van der Waals surface area contributed by atoms with Crippen molar-refractivity contribution < 1.29 is 49.1 Å². The molecule has 40 heavy (non-hydrogen) atoms. The molecule has 0 aliphatic heterocycles. The van der Waals surface area contributed by atoms with Crippen LogP contribution in [-0.4, -0.2) is 85.7 Å². The molecular formula is C28H27FN2O9. The number of primary amides is 1. The number of carboxylic acids is 1. The van der Waals surface area contributed by atoms with E-state index in [1.807, 2.05) is 0 Å². The summed E-state index contributed by atoms with van der Waals surface area (Å²) >= 11 is 0. The van der Waals surface area contributed by atoms with Crippen molar-refractivity contribution in [2.24, 2.45) is 23.5 Å². The van der Waals surface area contributed by atoms with Gasteiger partial charge in [-0.05, 0) is 67.7 Å². The lowest BCUT2D eigenvalue weighted by Crippen LogP contribution is -2.73. The maximum atomic E-state index is 14.1. The van der Waals surface area contributed by atoms with Crippen molar-refractivity contribution in [1.29, 1.82) is 0 Å². The summed E-state index contributed by atoms with van der Waals surface area (Å²) in [6.45, 7) is 0. The summed E-state index contributed by atoms with van der Waals surface area (Å²) in [6.07, 6.45) is -1.67. The number of nitrogens with zero attached hydrogens (tertiary/aromatic N) is 1. The number of aliphatic hydroxyl groups is 3. The van der Waals surface area contributed by atoms with Gasteiger partial charge in [-0.25, -0.2) is 9.18 Å². The fraction of sp³-hybridized carbons (Fsp3) is 0.357. The van der Waals surface area contributed by atoms with Crippen LogP contribution in [0.5, 0.6) is 5.75 Å². The lowest BCUT2D eigenvalue weighted by Gasteiger charge is -2.53. The average molecular weight is 555 g/mol. The number of fused-ring (bicyclic) bond motifs is 3. The highest BCUT2D eigenvalue weighted by atomic mass is 19.1. The molecule has 0 heterocycles. The number of aromatic carboxylic acids is 1. The lowest BCUT2D eigenvalue weighted by molar-refractivity contribution is -0.184. The number of phenolic OH excluding ortho intramolecular Hbond substituents is 1. The standard InChI is InChI=1S/C28H27FN2O9/c1-31(2)21-15-9-11-8-13-12(10-3-5-16(29)14(7-10)27(38)39)4-6-17(32)19(13)22(33)18(11)24(35)28(15,40)25(36)20(23(21)34)26(30)37/h3-7,11,15,20-21,23,32-34,40H,8-9H2,1-2H3,(H2,30,37)(H,38,39)/t11?,15?,20?,21-,23?,28-/m0/s1. The Hall–Kier alpha value is -4.13. The molecule has 7 N–H and O–H groups in total. The first-order valence-corrected chi connectivity index (χ1v) is 12.5. The highest BCUT2D eigenvalue weighted by Crippen LogP contribution is 2.53. The van der Waals surface area contributed by atoms with E-state index in [0.29, 0.717) is 11.1 Å². The number of likely N-dealkylation sites (N-methyl/N-ethyl adjacent to an activating group) is 1. The third-order valence-electron chi connectivity index (χ3n) is 8.48. The van der Waals surface area contributed by atoms with E-state index in [-0.39, 0.29) is 29.5 Å². The SMILES string of the molecule is CN(C)[C@@H]1C(O)C(C(N)=O)C(=O)[C@@]2(O)C(=O)C3=C(O)c4c(O)ccc(-c5ccc(F)c(C(=O)O)c5)c4CC3CC12. The van der Waals surface area contributed by atoms with Gasteiger partial charge in [0.25, 0.3) is 0 Å². The quantitative estimate of drug-likeness (QED) is 0.291. The molecule has 2 fully saturated rings. The number of ketones is 2. The Bertz CT molecular complexity index is 1530. The van der Waals surface area contributed by atoms with E-state index in [1.165, 1.54) is 23.1 Å². The predicted octanol–water partition coefficient (Wildman–Crippen LogP) is 0.633. The minimum Gasteiger partial charge on any atom is -0.507 e. The normalized spacial score (nSPS) is 29.6. The fourth-order valence-corrected chi connectivity index (χ4v) is 6.73. The third kappa shape index (κ3) is 3.67. The first-order valence-electron chi connectivity index (χ1n) is 12.5. The van der Waals surface area contributed by atoms with Crippen molar-refractivity contribution in [2.45, 2.75) is 30.6 Å². The van der Waals surface area contributed by atoms with Gasteiger partial charge in [0.05, 0.1) is 17.2 Å². The molecule has 1 amide bonds. The van der Waals surface area contributed by atoms with Crippen molar-refractivity contribution in [3.8, 4) is 16.9 Å². The Kier molecular flexibility index (Phi) is 6.32. The zero-order valence-corrected chi connectivity index (χ0v) is 21.5. The van der Waals surface area contributed by atoms with Crippen LogP contribution in [0.25, 0.3) is 16.9 Å². The topological polar surface area (TPSA) is 199 Å². The number of nitrogens with two attached hydrogens (primary N) is 1. The number of carbonyl (C=O) groups is 4. The summed E-state index contributed by atoms with van der Waals surface area (Å²) in [7, 11) is 3.10. The van der Waals surface area contributed by atoms with Crippen LogP contribution in [0, 0.1) is 23.6 Å². The van der Waals surface area contributed by atoms with E-state index in [9.17, 15) is 49.1 Å². The van der Waals surface area contributed by atoms with E-state index in [0.717, 1.165) is 12.1 Å². The highest BCUT2D eigenvalue weighted by molar-refractivity contribution is 6.25. The molecule has 6 atom stereocenters. The van der Waals surface area contributed by atoms with Gasteiger partial charge in [0.1, 0.15) is 23.2 Å². The first kappa shape index (κ1) is 27.4. The Morgan fingerprint density at radius 1 is 1.12 bits per heavy atom. The lowest BCUT2D eigenvalue weighted by atomic mass is 9.54. The molecule has 2 saturated carbocycles. The highest BCUT2D eigenvalue weighted by Gasteiger charge is 2.67. The smallest absolute Gasteiger partial charge is 0.338 e. The molecule has 3 aliphatic rings. The predicted molar refractivity (Wildman–Crippen MR) is 136 cm³/mol. The Morgan fingerprint density at radius 3 is 2.40 bits per heavy atom. The van der Waals surface area contributed by atoms with E-state index < -0.39 is 81.8 Å². The fourth-order valence-electron chi connectivity index (χ4n) is 6.73. The number of benzene rings is 2. The number of aromatic hydroxyl groups is 1. The summed E-state index contributed by atoms with van der Waals surface area (Å²) in [5.74, 6) is -11.0. The number of hydrogen-bond acceptors (Lipinski definition) is 9. The van der Waals surface area contributed by atoms with Crippen LogP contribution >= 0.6 is 0 Å². The maximum absolute atomic E-state index is 14.1. The number of phenols is 1. The number of carbonyl (C=O) groups excluding carboxylic acids is 3. The van der Waals surface area contributed by atoms with Crippen molar-refractivity contribution in [3.63, 3.8) is 0 Å². The van der Waals surface area contributed by atoms with Crippen molar-refractivity contribution in [2.75, 3.05) is 14.1 Å². The van der Waals surface area contributed by atoms with Crippen LogP contribution in [0.3, 0.4) is 0 Å². The number of carboxylic acid groups (broad SMARTS) is 1. The van der Waals surface area contributed by atoms with Gasteiger partial charge in [-0.3, -0.25) is 14.4 Å². The van der Waals surface area contributed by atoms with Crippen LogP contribution in [0.15, 0.2) is 35.9 Å². The van der Waals surface area contributed by atoms with Crippen LogP contribution in [0.4, 0.5) is 4.39 Å². The monoisotopic (exact) mass is 554 g/mol. The number of Topliss-reactive ketones (excluding diaryl/α,β-unsaturated/α-hetero) is 2. The van der Waals surface area contributed by atoms with Gasteiger partial charge in [-0.2, -0.15) is 0 Å². The Labute approximate surface area is 227 Å². The summed E-state index contributed by atoms with van der Waals surface area (Å²) in [5.41, 5.74) is 2.54. The Morgan fingerprint density at radius 2 is 1.80 bits per heavy atom. The molecule has 0 bridgehead atoms. The van der Waals surface area contributed by atoms with Gasteiger partial charge in [-0.15, -0.1) is 0 Å². The van der Waals surface area contributed by atoms with Crippen molar-refractivity contribution in [1.82, 2.24) is 4.90 Å². The molecule has 210 valence electrons. The van der Waals surface area contributed by atoms with Crippen LogP contribution in [0.1, 0.15) is 27.9 Å². The van der Waals surface area contributed by atoms with E-state index in [4.69, 9.17) is 5.73 Å². The first-order chi connectivity index (χ1) is 18.7. The van der Waals surface area contributed by atoms with Gasteiger partial charge in [0, 0.05) is 17.5 Å². The second-order valence-corrected chi connectivity index (χ2v) is 10.8. The van der Waals surface area contributed by atoms with Crippen LogP contribution < -0.4 is 5.73 Å². The minimum atomic E-state index is -2.77. The zero-order valence-electron chi connectivity index (χ0n) is 21.5. The molecule has 3 aliphatic carbocycles. The van der Waals surface area contributed by atoms with Gasteiger partial charge in [-0.1, -0.05) is 12.1 Å². The number of rotatable bonds is 4. The second-order valence-electron chi connectivity index (χ2n) is 10.8. The molecule has 2 aromatic rings. The number of amides is 1. The maximum Gasteiger partial charge on any atom is 0.338 e. The summed E-state index contributed by atoms with van der Waals surface area (Å²) < 4.78 is 14.1. The molecular weight excluding hydrogens is 527 g/mol. The van der Waals surface area contributed by atoms with Crippen molar-refractivity contribution >= 4 is 29.2 Å². The van der Waals surface area contributed by atoms with E-state index >= 15 is 0 Å². The molecule has 11 nitrogen and oxygen atoms in total. The molecule has 0 radical (unpaired) electrons. The van der Waals surface area contributed by atoms with Gasteiger partial charge in [0.15, 0.2) is 11.4 Å². The van der Waals surface area contributed by atoms with Gasteiger partial charge >= 0.3 is 5.97 Å². The molecule has 0 saturated heterocycles. The molecule has 2 aromatic carbocycles. The molecule has 12 heteroatoms. The zero-order chi connectivity index (χ0) is 29.4. The Balaban J connectivity index is 1.71. The third-order valence-corrected chi connectivity index (χ3v) is 8.48. The molecule has 5 rings (SSSR count). The average Bonchev–Trinajstić information content (AvgIpc) is 2.86.